The summed E-state index contributed by atoms with van der Waals surface area (Å²) in [4.78, 5) is 19.2. The molecule has 0 amide bonds. The van der Waals surface area contributed by atoms with Gasteiger partial charge in [-0.25, -0.2) is 9.90 Å². The summed E-state index contributed by atoms with van der Waals surface area (Å²) in [5.41, 5.74) is 0.0324. The van der Waals surface area contributed by atoms with Crippen LogP contribution in [-0.2, 0) is 14.7 Å². The second kappa shape index (κ2) is 2.96. The van der Waals surface area contributed by atoms with Crippen molar-refractivity contribution in [1.29, 1.82) is 0 Å². The Labute approximate surface area is 46.6 Å². The van der Waals surface area contributed by atoms with Gasteiger partial charge in [-0.1, -0.05) is 0 Å². The highest BCUT2D eigenvalue weighted by Gasteiger charge is 1.92. The molecule has 0 bridgehead atoms. The van der Waals surface area contributed by atoms with Crippen LogP contribution in [0.4, 0.5) is 0 Å². The lowest BCUT2D eigenvalue weighted by molar-refractivity contribution is -0.137. The number of rotatable bonds is 2. The predicted molar refractivity (Wildman–Crippen MR) is 25.1 cm³/mol. The third-order valence-corrected chi connectivity index (χ3v) is 0.495. The first-order valence-electron chi connectivity index (χ1n) is 1.94. The van der Waals surface area contributed by atoms with Crippen molar-refractivity contribution in [2.45, 2.75) is 6.92 Å². The second-order valence-electron chi connectivity index (χ2n) is 1.25. The zero-order valence-corrected chi connectivity index (χ0v) is 4.30. The highest BCUT2D eigenvalue weighted by Crippen LogP contribution is 1.83. The zero-order chi connectivity index (χ0) is 6.57. The molecule has 3 heteroatoms. The molecule has 0 N–H and O–H groups in total. The van der Waals surface area contributed by atoms with E-state index in [1.807, 2.05) is 0 Å². The summed E-state index contributed by atoms with van der Waals surface area (Å²) in [6, 6.07) is 0. The SMILES string of the molecule is C/C([C]=O)=C\C([O])=O. The third-order valence-electron chi connectivity index (χ3n) is 0.495. The molecule has 0 spiro atoms. The monoisotopic (exact) mass is 112 g/mol. The van der Waals surface area contributed by atoms with Gasteiger partial charge in [-0.3, -0.25) is 4.79 Å². The number of carbonyl (C=O) groups is 1. The van der Waals surface area contributed by atoms with Crippen molar-refractivity contribution in [3.63, 3.8) is 0 Å². The Bertz CT molecular complexity index is 135. The summed E-state index contributed by atoms with van der Waals surface area (Å²) in [7, 11) is 0. The lowest BCUT2D eigenvalue weighted by Gasteiger charge is -1.75. The molecule has 0 atom stereocenters. The first kappa shape index (κ1) is 6.88. The van der Waals surface area contributed by atoms with Crippen molar-refractivity contribution in [2.75, 3.05) is 0 Å². The van der Waals surface area contributed by atoms with Crippen LogP contribution in [0.5, 0.6) is 0 Å². The normalized spacial score (nSPS) is 10.9. The molecule has 0 aromatic heterocycles. The number of carbonyl (C=O) groups excluding carboxylic acids is 2. The summed E-state index contributed by atoms with van der Waals surface area (Å²) >= 11 is 0. The Hall–Kier alpha value is -1.12. The average Bonchev–Trinajstić information content (AvgIpc) is 1.65. The largest absolute Gasteiger partial charge is 0.379 e. The maximum atomic E-state index is 9.60. The summed E-state index contributed by atoms with van der Waals surface area (Å²) in [5, 5.41) is 9.60. The minimum atomic E-state index is -1.37. The van der Waals surface area contributed by atoms with Crippen molar-refractivity contribution < 1.29 is 14.7 Å². The van der Waals surface area contributed by atoms with Crippen molar-refractivity contribution in [2.24, 2.45) is 0 Å². The highest BCUT2D eigenvalue weighted by molar-refractivity contribution is 5.87. The molecule has 0 aliphatic heterocycles. The molecule has 0 aromatic carbocycles. The average molecular weight is 112 g/mol. The summed E-state index contributed by atoms with van der Waals surface area (Å²) in [6.07, 6.45) is 2.07. The summed E-state index contributed by atoms with van der Waals surface area (Å²) in [6.45, 7) is 1.34. The van der Waals surface area contributed by atoms with Crippen LogP contribution in [0.25, 0.3) is 0 Å². The molecule has 2 radical (unpaired) electrons. The molecule has 0 aliphatic carbocycles. The van der Waals surface area contributed by atoms with Crippen molar-refractivity contribution >= 4 is 12.3 Å². The van der Waals surface area contributed by atoms with Gasteiger partial charge in [0.2, 0.25) is 6.29 Å². The van der Waals surface area contributed by atoms with Crippen LogP contribution in [0.15, 0.2) is 11.6 Å². The van der Waals surface area contributed by atoms with Gasteiger partial charge in [0.1, 0.15) is 0 Å². The molecule has 0 unspecified atom stereocenters. The standard InChI is InChI=1S/C5H4O3/c1-4(3-6)2-5(7)8/h2H,1H3/b4-2+. The Balaban J connectivity index is 3.94. The zero-order valence-electron chi connectivity index (χ0n) is 4.30. The van der Waals surface area contributed by atoms with Crippen molar-refractivity contribution in [3.8, 4) is 0 Å². The van der Waals surface area contributed by atoms with E-state index in [-0.39, 0.29) is 5.57 Å². The van der Waals surface area contributed by atoms with Gasteiger partial charge in [0, 0.05) is 11.6 Å². The maximum Gasteiger partial charge on any atom is 0.379 e. The van der Waals surface area contributed by atoms with E-state index < -0.39 is 5.97 Å². The van der Waals surface area contributed by atoms with Crippen LogP contribution in [0, 0.1) is 0 Å². The molecular formula is C5H4O3. The Morgan fingerprint density at radius 1 is 1.62 bits per heavy atom. The lowest BCUT2D eigenvalue weighted by atomic mass is 10.3. The fourth-order valence-electron chi connectivity index (χ4n) is 0.206. The van der Waals surface area contributed by atoms with E-state index in [4.69, 9.17) is 0 Å². The first-order chi connectivity index (χ1) is 3.66. The van der Waals surface area contributed by atoms with Gasteiger partial charge in [0.05, 0.1) is 0 Å². The van der Waals surface area contributed by atoms with E-state index in [1.165, 1.54) is 13.2 Å². The maximum absolute atomic E-state index is 9.60. The quantitative estimate of drug-likeness (QED) is 0.472. The Kier molecular flexibility index (Phi) is 2.54. The van der Waals surface area contributed by atoms with Crippen LogP contribution in [0.2, 0.25) is 0 Å². The molecule has 0 aliphatic rings. The van der Waals surface area contributed by atoms with E-state index in [1.54, 1.807) is 0 Å². The van der Waals surface area contributed by atoms with Crippen LogP contribution in [0.1, 0.15) is 6.92 Å². The topological polar surface area (TPSA) is 54.0 Å². The number of hydrogen-bond donors (Lipinski definition) is 0. The minimum Gasteiger partial charge on any atom is -0.285 e. The van der Waals surface area contributed by atoms with Gasteiger partial charge in [-0.05, 0) is 6.92 Å². The number of hydrogen-bond acceptors (Lipinski definition) is 2. The van der Waals surface area contributed by atoms with Gasteiger partial charge in [0.15, 0.2) is 0 Å². The lowest BCUT2D eigenvalue weighted by Crippen LogP contribution is -1.87. The molecule has 0 saturated carbocycles. The molecule has 3 nitrogen and oxygen atoms in total. The molecule has 0 rings (SSSR count). The molecular weight excluding hydrogens is 108 g/mol. The smallest absolute Gasteiger partial charge is 0.285 e. The highest BCUT2D eigenvalue weighted by atomic mass is 16.4. The fourth-order valence-corrected chi connectivity index (χ4v) is 0.206. The molecule has 42 valence electrons. The first-order valence-corrected chi connectivity index (χ1v) is 1.94. The van der Waals surface area contributed by atoms with Crippen molar-refractivity contribution in [1.82, 2.24) is 0 Å². The van der Waals surface area contributed by atoms with Crippen LogP contribution < -0.4 is 0 Å². The molecule has 8 heavy (non-hydrogen) atoms. The third kappa shape index (κ3) is 3.08. The van der Waals surface area contributed by atoms with Gasteiger partial charge in [0.25, 0.3) is 0 Å². The van der Waals surface area contributed by atoms with Gasteiger partial charge in [-0.15, -0.1) is 0 Å². The summed E-state index contributed by atoms with van der Waals surface area (Å²) < 4.78 is 0. The van der Waals surface area contributed by atoms with Gasteiger partial charge < -0.3 is 0 Å². The van der Waals surface area contributed by atoms with E-state index in [9.17, 15) is 14.7 Å². The van der Waals surface area contributed by atoms with E-state index in [2.05, 4.69) is 0 Å². The van der Waals surface area contributed by atoms with Crippen LogP contribution in [-0.4, -0.2) is 12.3 Å². The fraction of sp³-hybridized carbons (Fsp3) is 0.200. The molecule has 0 aromatic rings. The van der Waals surface area contributed by atoms with E-state index in [0.717, 1.165) is 0 Å². The van der Waals surface area contributed by atoms with Gasteiger partial charge >= 0.3 is 5.97 Å². The Morgan fingerprint density at radius 2 is 2.12 bits per heavy atom. The molecule has 0 saturated heterocycles. The van der Waals surface area contributed by atoms with Crippen LogP contribution in [0.3, 0.4) is 0 Å². The van der Waals surface area contributed by atoms with Crippen LogP contribution >= 0.6 is 0 Å². The second-order valence-corrected chi connectivity index (χ2v) is 1.25. The predicted octanol–water partition coefficient (Wildman–Crippen LogP) is -0.000500. The summed E-state index contributed by atoms with van der Waals surface area (Å²) in [5.74, 6) is -1.37. The van der Waals surface area contributed by atoms with E-state index in [0.29, 0.717) is 6.08 Å². The Morgan fingerprint density at radius 3 is 2.25 bits per heavy atom. The van der Waals surface area contributed by atoms with E-state index >= 15 is 0 Å². The number of allylic oxidation sites excluding steroid dienone is 1. The minimum absolute atomic E-state index is 0.0324. The molecule has 0 heterocycles. The van der Waals surface area contributed by atoms with Gasteiger partial charge in [-0.2, -0.15) is 0 Å². The van der Waals surface area contributed by atoms with Crippen molar-refractivity contribution in [3.05, 3.63) is 11.6 Å². The molecule has 0 fully saturated rings.